The van der Waals surface area contributed by atoms with Gasteiger partial charge >= 0.3 is 0 Å². The summed E-state index contributed by atoms with van der Waals surface area (Å²) in [5, 5.41) is 5.79. The average Bonchev–Trinajstić information content (AvgIpc) is 3.03. The normalized spacial score (nSPS) is 25.4. The lowest BCUT2D eigenvalue weighted by atomic mass is 9.99. The quantitative estimate of drug-likeness (QED) is 0.681. The van der Waals surface area contributed by atoms with E-state index in [1.54, 1.807) is 4.90 Å². The molecule has 0 saturated carbocycles. The van der Waals surface area contributed by atoms with Crippen LogP contribution in [0.2, 0.25) is 0 Å². The number of imide groups is 1. The second-order valence-corrected chi connectivity index (χ2v) is 8.74. The van der Waals surface area contributed by atoms with Gasteiger partial charge in [-0.05, 0) is 49.5 Å². The van der Waals surface area contributed by atoms with Crippen LogP contribution in [0.4, 0.5) is 0 Å². The molecular weight excluding hydrogens is 384 g/mol. The minimum absolute atomic E-state index is 0.109. The predicted molar refractivity (Wildman–Crippen MR) is 109 cm³/mol. The smallest absolute Gasteiger partial charge is 0.255 e. The molecule has 0 aromatic heterocycles. The Bertz CT molecular complexity index is 863. The first-order valence-electron chi connectivity index (χ1n) is 10.9. The summed E-state index contributed by atoms with van der Waals surface area (Å²) in [5.74, 6) is -0.739. The van der Waals surface area contributed by atoms with Crippen LogP contribution in [0.3, 0.4) is 0 Å². The monoisotopic (exact) mass is 412 g/mol. The minimum atomic E-state index is -0.565. The van der Waals surface area contributed by atoms with Crippen LogP contribution in [-0.4, -0.2) is 72.0 Å². The molecule has 3 amide bonds. The van der Waals surface area contributed by atoms with E-state index in [0.29, 0.717) is 30.6 Å². The number of piperidine rings is 2. The molecule has 5 rings (SSSR count). The zero-order valence-electron chi connectivity index (χ0n) is 17.1. The number of amides is 3. The number of nitrogens with zero attached hydrogens (tertiary/aromatic N) is 2. The van der Waals surface area contributed by atoms with Crippen molar-refractivity contribution in [2.24, 2.45) is 0 Å². The Balaban J connectivity index is 1.32. The number of ether oxygens (including phenoxy) is 1. The van der Waals surface area contributed by atoms with E-state index in [2.05, 4.69) is 21.6 Å². The van der Waals surface area contributed by atoms with Crippen molar-refractivity contribution in [2.45, 2.75) is 56.9 Å². The van der Waals surface area contributed by atoms with Crippen molar-refractivity contribution in [1.82, 2.24) is 20.4 Å². The van der Waals surface area contributed by atoms with Crippen molar-refractivity contribution in [3.05, 3.63) is 34.9 Å². The molecule has 4 aliphatic rings. The zero-order valence-corrected chi connectivity index (χ0v) is 17.1. The lowest BCUT2D eigenvalue weighted by Gasteiger charge is -2.43. The van der Waals surface area contributed by atoms with Crippen molar-refractivity contribution in [3.8, 4) is 0 Å². The predicted octanol–water partition coefficient (Wildman–Crippen LogP) is 0.400. The Labute approximate surface area is 175 Å². The number of carbonyl (C=O) groups is 3. The van der Waals surface area contributed by atoms with Crippen LogP contribution in [0.25, 0.3) is 0 Å². The van der Waals surface area contributed by atoms with E-state index in [4.69, 9.17) is 4.74 Å². The van der Waals surface area contributed by atoms with Crippen molar-refractivity contribution in [2.75, 3.05) is 26.3 Å². The minimum Gasteiger partial charge on any atom is -0.378 e. The van der Waals surface area contributed by atoms with E-state index in [1.165, 1.54) is 0 Å². The van der Waals surface area contributed by atoms with E-state index in [0.717, 1.165) is 56.8 Å². The number of hydrogen-bond donors (Lipinski definition) is 2. The fourth-order valence-electron chi connectivity index (χ4n) is 5.02. The molecule has 1 aromatic rings. The number of rotatable bonds is 5. The van der Waals surface area contributed by atoms with Gasteiger partial charge in [0.2, 0.25) is 11.8 Å². The summed E-state index contributed by atoms with van der Waals surface area (Å²) in [6.45, 7) is 4.86. The van der Waals surface area contributed by atoms with E-state index < -0.39 is 6.04 Å². The standard InChI is InChI=1S/C22H28N4O4/c27-20-4-3-19(21(28)24-20)26-11-15-2-1-14(9-18(15)22(26)29)10-25(17-12-30-13-17)16-5-7-23-8-6-16/h1-2,9,16-17,19,23H,3-8,10-13H2,(H,24,27,28). The van der Waals surface area contributed by atoms with E-state index in [1.807, 2.05) is 12.1 Å². The van der Waals surface area contributed by atoms with Gasteiger partial charge in [-0.2, -0.15) is 0 Å². The molecule has 0 bridgehead atoms. The maximum atomic E-state index is 13.1. The Morgan fingerprint density at radius 1 is 1.07 bits per heavy atom. The van der Waals surface area contributed by atoms with Crippen molar-refractivity contribution >= 4 is 17.7 Å². The molecule has 2 N–H and O–H groups in total. The lowest BCUT2D eigenvalue weighted by Crippen LogP contribution is -2.55. The summed E-state index contributed by atoms with van der Waals surface area (Å²) in [4.78, 5) is 40.9. The number of fused-ring (bicyclic) bond motifs is 1. The summed E-state index contributed by atoms with van der Waals surface area (Å²) >= 11 is 0. The van der Waals surface area contributed by atoms with E-state index >= 15 is 0 Å². The van der Waals surface area contributed by atoms with Crippen molar-refractivity contribution in [3.63, 3.8) is 0 Å². The summed E-state index contributed by atoms with van der Waals surface area (Å²) in [5.41, 5.74) is 2.76. The molecule has 8 nitrogen and oxygen atoms in total. The topological polar surface area (TPSA) is 91.0 Å². The van der Waals surface area contributed by atoms with Gasteiger partial charge in [0.1, 0.15) is 6.04 Å². The average molecular weight is 412 g/mol. The first-order chi connectivity index (χ1) is 14.6. The fourth-order valence-corrected chi connectivity index (χ4v) is 5.02. The van der Waals surface area contributed by atoms with Crippen LogP contribution < -0.4 is 10.6 Å². The molecule has 1 unspecified atom stereocenters. The fraction of sp³-hybridized carbons (Fsp3) is 0.591. The Morgan fingerprint density at radius 3 is 2.57 bits per heavy atom. The molecule has 30 heavy (non-hydrogen) atoms. The lowest BCUT2D eigenvalue weighted by molar-refractivity contribution is -0.136. The van der Waals surface area contributed by atoms with Gasteiger partial charge in [-0.15, -0.1) is 0 Å². The largest absolute Gasteiger partial charge is 0.378 e. The molecule has 0 radical (unpaired) electrons. The Morgan fingerprint density at radius 2 is 1.87 bits per heavy atom. The van der Waals surface area contributed by atoms with Crippen LogP contribution in [0.1, 0.15) is 47.2 Å². The van der Waals surface area contributed by atoms with Gasteiger partial charge in [0.15, 0.2) is 0 Å². The van der Waals surface area contributed by atoms with Gasteiger partial charge in [0, 0.05) is 31.1 Å². The first-order valence-corrected chi connectivity index (χ1v) is 10.9. The summed E-state index contributed by atoms with van der Waals surface area (Å²) < 4.78 is 5.45. The molecule has 3 saturated heterocycles. The highest BCUT2D eigenvalue weighted by Gasteiger charge is 2.39. The summed E-state index contributed by atoms with van der Waals surface area (Å²) in [6, 6.07) is 6.53. The SMILES string of the molecule is O=C1CCC(N2Cc3ccc(CN(C4CCNCC4)C4COC4)cc3C2=O)C(=O)N1. The number of nitrogens with one attached hydrogen (secondary N) is 2. The molecule has 4 heterocycles. The zero-order chi connectivity index (χ0) is 20.7. The van der Waals surface area contributed by atoms with Crippen molar-refractivity contribution in [1.29, 1.82) is 0 Å². The maximum Gasteiger partial charge on any atom is 0.255 e. The highest BCUT2D eigenvalue weighted by molar-refractivity contribution is 6.05. The van der Waals surface area contributed by atoms with Crippen LogP contribution >= 0.6 is 0 Å². The number of benzene rings is 1. The van der Waals surface area contributed by atoms with Gasteiger partial charge in [-0.1, -0.05) is 12.1 Å². The third kappa shape index (κ3) is 3.64. The van der Waals surface area contributed by atoms with Gasteiger partial charge in [0.25, 0.3) is 5.91 Å². The molecule has 3 fully saturated rings. The molecule has 160 valence electrons. The molecule has 1 atom stereocenters. The molecular formula is C22H28N4O4. The number of hydrogen-bond acceptors (Lipinski definition) is 6. The highest BCUT2D eigenvalue weighted by Crippen LogP contribution is 2.30. The molecule has 8 heteroatoms. The van der Waals surface area contributed by atoms with Crippen LogP contribution in [0.15, 0.2) is 18.2 Å². The van der Waals surface area contributed by atoms with Crippen LogP contribution in [-0.2, 0) is 27.4 Å². The van der Waals surface area contributed by atoms with Gasteiger partial charge in [0.05, 0.1) is 19.3 Å². The maximum absolute atomic E-state index is 13.1. The van der Waals surface area contributed by atoms with Gasteiger partial charge in [-0.25, -0.2) is 0 Å². The van der Waals surface area contributed by atoms with Crippen molar-refractivity contribution < 1.29 is 19.1 Å². The van der Waals surface area contributed by atoms with Crippen LogP contribution in [0, 0.1) is 0 Å². The molecule has 0 spiro atoms. The van der Waals surface area contributed by atoms with Gasteiger partial charge in [-0.3, -0.25) is 24.6 Å². The Hall–Kier alpha value is -2.29. The second kappa shape index (κ2) is 8.09. The highest BCUT2D eigenvalue weighted by atomic mass is 16.5. The molecule has 0 aliphatic carbocycles. The summed E-state index contributed by atoms with van der Waals surface area (Å²) in [6.07, 6.45) is 2.92. The second-order valence-electron chi connectivity index (χ2n) is 8.74. The first kappa shape index (κ1) is 19.7. The molecule has 1 aromatic carbocycles. The van der Waals surface area contributed by atoms with E-state index in [9.17, 15) is 14.4 Å². The summed E-state index contributed by atoms with van der Waals surface area (Å²) in [7, 11) is 0. The number of carbonyl (C=O) groups excluding carboxylic acids is 3. The Kier molecular flexibility index (Phi) is 5.30. The van der Waals surface area contributed by atoms with Gasteiger partial charge < -0.3 is 15.0 Å². The van der Waals surface area contributed by atoms with E-state index in [-0.39, 0.29) is 24.1 Å². The third-order valence-corrected chi connectivity index (χ3v) is 6.82. The molecule has 4 aliphatic heterocycles. The van der Waals surface area contributed by atoms with Crippen LogP contribution in [0.5, 0.6) is 0 Å². The third-order valence-electron chi connectivity index (χ3n) is 6.82.